The molecule has 27 heavy (non-hydrogen) atoms. The molecule has 1 fully saturated rings. The molecular formula is C19H34O8. The number of ether oxygens (including phenoxy) is 6. The van der Waals surface area contributed by atoms with Gasteiger partial charge in [0.25, 0.3) is 0 Å². The highest BCUT2D eigenvalue weighted by Gasteiger charge is 2.31. The van der Waals surface area contributed by atoms with E-state index in [2.05, 4.69) is 0 Å². The van der Waals surface area contributed by atoms with E-state index in [1.807, 2.05) is 13.8 Å². The lowest BCUT2D eigenvalue weighted by Gasteiger charge is -2.22. The third-order valence-electron chi connectivity index (χ3n) is 4.18. The second-order valence-corrected chi connectivity index (χ2v) is 6.27. The zero-order chi connectivity index (χ0) is 19.9. The molecule has 1 saturated heterocycles. The normalized spacial score (nSPS) is 28.3. The molecule has 8 nitrogen and oxygen atoms in total. The predicted molar refractivity (Wildman–Crippen MR) is 97.4 cm³/mol. The van der Waals surface area contributed by atoms with Crippen molar-refractivity contribution in [1.29, 1.82) is 0 Å². The van der Waals surface area contributed by atoms with Crippen LogP contribution in [0.15, 0.2) is 0 Å². The molecule has 0 amide bonds. The van der Waals surface area contributed by atoms with Crippen LogP contribution < -0.4 is 0 Å². The van der Waals surface area contributed by atoms with E-state index in [4.69, 9.17) is 28.4 Å². The predicted octanol–water partition coefficient (Wildman–Crippen LogP) is 1.74. The molecule has 1 aliphatic heterocycles. The molecule has 0 radical (unpaired) electrons. The Bertz CT molecular complexity index is 379. The van der Waals surface area contributed by atoms with Gasteiger partial charge in [0, 0.05) is 0 Å². The summed E-state index contributed by atoms with van der Waals surface area (Å²) in [6.07, 6.45) is 0.688. The summed E-state index contributed by atoms with van der Waals surface area (Å²) in [4.78, 5) is 24.8. The average molecular weight is 390 g/mol. The third kappa shape index (κ3) is 10.0. The molecule has 0 aliphatic carbocycles. The van der Waals surface area contributed by atoms with E-state index in [0.29, 0.717) is 58.9 Å². The first-order valence-electron chi connectivity index (χ1n) is 9.84. The van der Waals surface area contributed by atoms with Crippen molar-refractivity contribution in [1.82, 2.24) is 0 Å². The Labute approximate surface area is 161 Å². The van der Waals surface area contributed by atoms with Crippen molar-refractivity contribution in [3.63, 3.8) is 0 Å². The Morgan fingerprint density at radius 3 is 1.33 bits per heavy atom. The second kappa shape index (κ2) is 14.8. The minimum Gasteiger partial charge on any atom is -0.459 e. The van der Waals surface area contributed by atoms with Gasteiger partial charge in [-0.25, -0.2) is 0 Å². The maximum Gasteiger partial charge on any atom is 0.320 e. The van der Waals surface area contributed by atoms with Crippen molar-refractivity contribution in [2.75, 3.05) is 52.9 Å². The topological polar surface area (TPSA) is 89.5 Å². The summed E-state index contributed by atoms with van der Waals surface area (Å²) >= 11 is 0. The van der Waals surface area contributed by atoms with Crippen LogP contribution >= 0.6 is 0 Å². The monoisotopic (exact) mass is 390 g/mol. The van der Waals surface area contributed by atoms with Crippen molar-refractivity contribution in [3.05, 3.63) is 0 Å². The maximum absolute atomic E-state index is 12.4. The molecule has 1 aliphatic rings. The Hall–Kier alpha value is -1.22. The minimum absolute atomic E-state index is 0.263. The van der Waals surface area contributed by atoms with Crippen LogP contribution in [0.2, 0.25) is 0 Å². The molecule has 0 saturated carbocycles. The van der Waals surface area contributed by atoms with Crippen LogP contribution in [0.5, 0.6) is 0 Å². The molecule has 158 valence electrons. The van der Waals surface area contributed by atoms with Gasteiger partial charge < -0.3 is 28.4 Å². The lowest BCUT2D eigenvalue weighted by Crippen LogP contribution is -2.35. The van der Waals surface area contributed by atoms with Crippen LogP contribution in [-0.4, -0.2) is 77.0 Å². The number of hydrogen-bond donors (Lipinski definition) is 0. The molecule has 0 spiro atoms. The molecule has 8 heteroatoms. The van der Waals surface area contributed by atoms with Gasteiger partial charge in [-0.05, 0) is 19.3 Å². The maximum atomic E-state index is 12.4. The molecule has 0 bridgehead atoms. The van der Waals surface area contributed by atoms with E-state index < -0.39 is 30.1 Å². The highest BCUT2D eigenvalue weighted by Crippen LogP contribution is 2.14. The van der Waals surface area contributed by atoms with E-state index in [-0.39, 0.29) is 13.2 Å². The fraction of sp³-hybridized carbons (Fsp3) is 0.895. The van der Waals surface area contributed by atoms with Crippen LogP contribution in [-0.2, 0) is 38.0 Å². The highest BCUT2D eigenvalue weighted by molar-refractivity contribution is 5.95. The summed E-state index contributed by atoms with van der Waals surface area (Å²) in [7, 11) is 0. The second-order valence-electron chi connectivity index (χ2n) is 6.27. The fourth-order valence-corrected chi connectivity index (χ4v) is 2.38. The zero-order valence-corrected chi connectivity index (χ0v) is 16.8. The first-order chi connectivity index (χ1) is 13.1. The van der Waals surface area contributed by atoms with E-state index in [9.17, 15) is 9.59 Å². The number of carbonyl (C=O) groups excluding carboxylic acids is 2. The van der Waals surface area contributed by atoms with Gasteiger partial charge in [0.15, 0.2) is 5.92 Å². The number of hydrogen-bond acceptors (Lipinski definition) is 8. The molecule has 0 aromatic carbocycles. The lowest BCUT2D eigenvalue weighted by atomic mass is 10.1. The number of rotatable bonds is 3. The molecule has 1 rings (SSSR count). The third-order valence-corrected chi connectivity index (χ3v) is 4.18. The molecule has 1 heterocycles. The van der Waals surface area contributed by atoms with E-state index >= 15 is 0 Å². The summed E-state index contributed by atoms with van der Waals surface area (Å²) in [6.45, 7) is 8.70. The molecule has 0 N–H and O–H groups in total. The van der Waals surface area contributed by atoms with Gasteiger partial charge in [0.2, 0.25) is 0 Å². The zero-order valence-electron chi connectivity index (χ0n) is 16.8. The highest BCUT2D eigenvalue weighted by atomic mass is 16.6. The summed E-state index contributed by atoms with van der Waals surface area (Å²) < 4.78 is 32.7. The van der Waals surface area contributed by atoms with Crippen molar-refractivity contribution < 1.29 is 38.0 Å². The molecule has 2 atom stereocenters. The lowest BCUT2D eigenvalue weighted by molar-refractivity contribution is -0.171. The number of cyclic esters (lactones) is 2. The SMILES string of the molecule is CCC1COCCOCCOCCOCC(CC)OC(=O)C(CC)C(=O)O1. The van der Waals surface area contributed by atoms with E-state index in [1.165, 1.54) is 0 Å². The summed E-state index contributed by atoms with van der Waals surface area (Å²) in [6, 6.07) is 0. The van der Waals surface area contributed by atoms with Crippen molar-refractivity contribution >= 4 is 11.9 Å². The van der Waals surface area contributed by atoms with Crippen LogP contribution in [0.1, 0.15) is 40.0 Å². The van der Waals surface area contributed by atoms with Gasteiger partial charge in [-0.15, -0.1) is 0 Å². The molecular weight excluding hydrogens is 356 g/mol. The van der Waals surface area contributed by atoms with Gasteiger partial charge in [-0.2, -0.15) is 0 Å². The van der Waals surface area contributed by atoms with E-state index in [1.54, 1.807) is 6.92 Å². The Balaban J connectivity index is 2.68. The van der Waals surface area contributed by atoms with Gasteiger partial charge in [-0.3, -0.25) is 9.59 Å². The fourth-order valence-electron chi connectivity index (χ4n) is 2.38. The van der Waals surface area contributed by atoms with Crippen LogP contribution in [0.4, 0.5) is 0 Å². The standard InChI is InChI=1S/C19H34O8/c1-4-15-13-24-11-9-22-7-8-23-10-12-25-14-16(5-2)27-19(21)17(6-3)18(20)26-15/h15-17H,4-14H2,1-3H3. The summed E-state index contributed by atoms with van der Waals surface area (Å²) in [5, 5.41) is 0. The Morgan fingerprint density at radius 1 is 0.630 bits per heavy atom. The van der Waals surface area contributed by atoms with Gasteiger partial charge in [0.1, 0.15) is 12.2 Å². The summed E-state index contributed by atoms with van der Waals surface area (Å²) in [5.41, 5.74) is 0. The quantitative estimate of drug-likeness (QED) is 0.532. The van der Waals surface area contributed by atoms with Gasteiger partial charge >= 0.3 is 11.9 Å². The molecule has 0 aromatic rings. The number of carbonyl (C=O) groups is 2. The summed E-state index contributed by atoms with van der Waals surface area (Å²) in [5.74, 6) is -2.09. The van der Waals surface area contributed by atoms with E-state index in [0.717, 1.165) is 0 Å². The molecule has 0 aromatic heterocycles. The smallest absolute Gasteiger partial charge is 0.320 e. The first kappa shape index (κ1) is 23.8. The largest absolute Gasteiger partial charge is 0.459 e. The average Bonchev–Trinajstić information content (AvgIpc) is 2.66. The van der Waals surface area contributed by atoms with Crippen molar-refractivity contribution in [2.45, 2.75) is 52.2 Å². The van der Waals surface area contributed by atoms with Gasteiger partial charge in [-0.1, -0.05) is 20.8 Å². The van der Waals surface area contributed by atoms with Crippen LogP contribution in [0.3, 0.4) is 0 Å². The first-order valence-corrected chi connectivity index (χ1v) is 9.84. The van der Waals surface area contributed by atoms with Gasteiger partial charge in [0.05, 0.1) is 52.9 Å². The number of esters is 2. The molecule has 2 unspecified atom stereocenters. The van der Waals surface area contributed by atoms with Crippen molar-refractivity contribution in [2.24, 2.45) is 5.92 Å². The Morgan fingerprint density at radius 2 is 1.00 bits per heavy atom. The van der Waals surface area contributed by atoms with Crippen LogP contribution in [0, 0.1) is 5.92 Å². The Kier molecular flexibility index (Phi) is 13.0. The van der Waals surface area contributed by atoms with Crippen molar-refractivity contribution in [3.8, 4) is 0 Å². The minimum atomic E-state index is -0.943. The van der Waals surface area contributed by atoms with Crippen LogP contribution in [0.25, 0.3) is 0 Å².